The summed E-state index contributed by atoms with van der Waals surface area (Å²) in [4.78, 5) is 16.9. The van der Waals surface area contributed by atoms with Crippen LogP contribution >= 0.6 is 0 Å². The third-order valence-corrected chi connectivity index (χ3v) is 3.28. The Morgan fingerprint density at radius 3 is 1.95 bits per heavy atom. The minimum atomic E-state index is -0.0232. The largest absolute Gasteiger partial charge is 0.358 e. The number of aliphatic imine (C=N–C) groups is 1. The molecule has 0 amide bonds. The molecule has 0 radical (unpaired) electrons. The second kappa shape index (κ2) is 8.65. The van der Waals surface area contributed by atoms with Crippen molar-refractivity contribution in [1.29, 1.82) is 0 Å². The zero-order valence-electron chi connectivity index (χ0n) is 13.7. The second-order valence-corrected chi connectivity index (χ2v) is 5.14. The molecular weight excluding hydrogens is 317 g/mol. The fourth-order valence-electron chi connectivity index (χ4n) is 2.37. The number of ketones is 1. The van der Waals surface area contributed by atoms with Gasteiger partial charge in [0.2, 0.25) is 5.78 Å². The second-order valence-electron chi connectivity index (χ2n) is 5.14. The van der Waals surface area contributed by atoms with Crippen LogP contribution in [0.3, 0.4) is 0 Å². The number of hydrogen-bond acceptors (Lipinski definition) is 2. The maximum absolute atomic E-state index is 12.3. The Kier molecular flexibility index (Phi) is 7.97. The van der Waals surface area contributed by atoms with Crippen LogP contribution in [0.25, 0.3) is 0 Å². The molecule has 0 heterocycles. The van der Waals surface area contributed by atoms with Crippen LogP contribution in [0.1, 0.15) is 34.0 Å². The number of carbonyl (C=O) groups excluding carboxylic acids is 1. The van der Waals surface area contributed by atoms with E-state index >= 15 is 0 Å². The monoisotopic (exact) mass is 338 g/mol. The molecule has 120 valence electrons. The Hall–Kier alpha value is -1.73. The van der Waals surface area contributed by atoms with E-state index in [4.69, 9.17) is 0 Å². The topological polar surface area (TPSA) is 29.4 Å². The van der Waals surface area contributed by atoms with Crippen molar-refractivity contribution < 1.29 is 21.3 Å². The van der Waals surface area contributed by atoms with Crippen LogP contribution in [0.5, 0.6) is 0 Å². The van der Waals surface area contributed by atoms with Gasteiger partial charge < -0.3 is 7.43 Å². The van der Waals surface area contributed by atoms with E-state index in [-0.39, 0.29) is 29.7 Å². The van der Waals surface area contributed by atoms with Crippen LogP contribution < -0.4 is 0 Å². The molecule has 0 fully saturated rings. The third-order valence-electron chi connectivity index (χ3n) is 3.28. The Bertz CT molecular complexity index is 652. The van der Waals surface area contributed by atoms with E-state index in [0.29, 0.717) is 11.3 Å². The van der Waals surface area contributed by atoms with Gasteiger partial charge in [0.05, 0.1) is 11.4 Å². The minimum absolute atomic E-state index is 0. The Morgan fingerprint density at radius 2 is 1.45 bits per heavy atom. The number of benzene rings is 2. The van der Waals surface area contributed by atoms with Crippen molar-refractivity contribution >= 4 is 17.2 Å². The van der Waals surface area contributed by atoms with Crippen molar-refractivity contribution in [1.82, 2.24) is 0 Å². The average Bonchev–Trinajstić information content (AvgIpc) is 2.42. The first kappa shape index (κ1) is 20.3. The van der Waals surface area contributed by atoms with Gasteiger partial charge in [-0.3, -0.25) is 4.79 Å². The predicted molar refractivity (Wildman–Crippen MR) is 90.6 cm³/mol. The Labute approximate surface area is 143 Å². The molecule has 0 aliphatic carbocycles. The summed E-state index contributed by atoms with van der Waals surface area (Å²) in [5.41, 5.74) is 5.51. The summed E-state index contributed by atoms with van der Waals surface area (Å²) >= 11 is 0. The zero-order valence-corrected chi connectivity index (χ0v) is 14.7. The van der Waals surface area contributed by atoms with Crippen molar-refractivity contribution in [2.75, 3.05) is 0 Å². The summed E-state index contributed by atoms with van der Waals surface area (Å²) in [6.07, 6.45) is 0. The molecule has 0 atom stereocenters. The molecule has 3 heteroatoms. The summed E-state index contributed by atoms with van der Waals surface area (Å²) in [7, 11) is 0. The van der Waals surface area contributed by atoms with Crippen LogP contribution in [0, 0.1) is 28.2 Å². The molecule has 2 nitrogen and oxygen atoms in total. The number of hydrogen-bond donors (Lipinski definition) is 0. The van der Waals surface area contributed by atoms with Gasteiger partial charge in [-0.1, -0.05) is 48.0 Å². The predicted octanol–water partition coefficient (Wildman–Crippen LogP) is 5.03. The summed E-state index contributed by atoms with van der Waals surface area (Å²) in [6.45, 7) is 7.89. The molecule has 2 rings (SSSR count). The maximum Gasteiger partial charge on any atom is 0.206 e. The van der Waals surface area contributed by atoms with E-state index in [1.165, 1.54) is 5.56 Å². The number of nitrogens with zero attached hydrogens (tertiary/aromatic N) is 1. The first-order valence-electron chi connectivity index (χ1n) is 6.72. The van der Waals surface area contributed by atoms with Crippen LogP contribution in [-0.2, 0) is 16.5 Å². The maximum atomic E-state index is 12.3. The molecule has 0 spiro atoms. The van der Waals surface area contributed by atoms with Crippen molar-refractivity contribution in [2.24, 2.45) is 4.99 Å². The molecule has 0 bridgehead atoms. The number of carbonyl (C=O) groups is 1. The summed E-state index contributed by atoms with van der Waals surface area (Å²) in [5, 5.41) is 0. The normalized spacial score (nSPS) is 10.5. The summed E-state index contributed by atoms with van der Waals surface area (Å²) < 4.78 is 0. The molecule has 0 saturated heterocycles. The molecule has 22 heavy (non-hydrogen) atoms. The van der Waals surface area contributed by atoms with Gasteiger partial charge in [-0.15, -0.1) is 0 Å². The molecule has 0 aliphatic rings. The first-order chi connectivity index (χ1) is 9.49. The molecule has 2 aromatic rings. The van der Waals surface area contributed by atoms with Gasteiger partial charge in [0.25, 0.3) is 0 Å². The summed E-state index contributed by atoms with van der Waals surface area (Å²) in [5.74, 6) is -0.0232. The summed E-state index contributed by atoms with van der Waals surface area (Å²) in [6, 6.07) is 13.4. The fourth-order valence-corrected chi connectivity index (χ4v) is 2.37. The molecule has 0 aliphatic heterocycles. The van der Waals surface area contributed by atoms with Gasteiger partial charge in [0.15, 0.2) is 0 Å². The SMILES string of the molecule is CC(=Nc1c(C)cc(C)cc1C)C(=O)c1ccccc1.[CH3-].[Ni]. The molecule has 0 saturated carbocycles. The molecule has 0 unspecified atom stereocenters. The van der Waals surface area contributed by atoms with E-state index < -0.39 is 0 Å². The zero-order chi connectivity index (χ0) is 14.7. The molecule has 0 N–H and O–H groups in total. The van der Waals surface area contributed by atoms with E-state index in [2.05, 4.69) is 24.0 Å². The van der Waals surface area contributed by atoms with Crippen LogP contribution in [0.15, 0.2) is 47.5 Å². The number of rotatable bonds is 3. The third kappa shape index (κ3) is 4.64. The van der Waals surface area contributed by atoms with Crippen molar-refractivity contribution in [2.45, 2.75) is 27.7 Å². The van der Waals surface area contributed by atoms with E-state index in [1.54, 1.807) is 6.92 Å². The van der Waals surface area contributed by atoms with Crippen molar-refractivity contribution in [3.8, 4) is 0 Å². The van der Waals surface area contributed by atoms with E-state index in [9.17, 15) is 4.79 Å². The molecular formula is C19H22NNiO-. The van der Waals surface area contributed by atoms with E-state index in [0.717, 1.165) is 16.8 Å². The van der Waals surface area contributed by atoms with Gasteiger partial charge in [0.1, 0.15) is 0 Å². The molecule has 2 aromatic carbocycles. The standard InChI is InChI=1S/C18H19NO.CH3.Ni/c1-12-10-13(2)17(14(3)11-12)19-15(4)18(20)16-8-6-5-7-9-16;;/h5-11H,1-4H3;1H3;/q;-1;. The Balaban J connectivity index is 0.00000220. The number of Topliss-reactive ketones (excluding diaryl/α,β-unsaturated/α-hetero) is 1. The van der Waals surface area contributed by atoms with Crippen LogP contribution in [0.2, 0.25) is 0 Å². The van der Waals surface area contributed by atoms with Gasteiger partial charge in [0, 0.05) is 22.1 Å². The van der Waals surface area contributed by atoms with Crippen LogP contribution in [-0.4, -0.2) is 11.5 Å². The van der Waals surface area contributed by atoms with Gasteiger partial charge in [-0.25, -0.2) is 4.99 Å². The Morgan fingerprint density at radius 1 is 0.955 bits per heavy atom. The van der Waals surface area contributed by atoms with Crippen molar-refractivity contribution in [3.63, 3.8) is 0 Å². The molecule has 0 aromatic heterocycles. The quantitative estimate of drug-likeness (QED) is 0.334. The minimum Gasteiger partial charge on any atom is -0.358 e. The van der Waals surface area contributed by atoms with Gasteiger partial charge in [-0.2, -0.15) is 0 Å². The van der Waals surface area contributed by atoms with Crippen LogP contribution in [0.4, 0.5) is 5.69 Å². The first-order valence-corrected chi connectivity index (χ1v) is 6.72. The van der Waals surface area contributed by atoms with Gasteiger partial charge in [-0.05, 0) is 38.8 Å². The average molecular weight is 339 g/mol. The van der Waals surface area contributed by atoms with Crippen molar-refractivity contribution in [3.05, 3.63) is 72.1 Å². The van der Waals surface area contributed by atoms with E-state index in [1.807, 2.05) is 44.2 Å². The van der Waals surface area contributed by atoms with Gasteiger partial charge >= 0.3 is 0 Å². The smallest absolute Gasteiger partial charge is 0.206 e. The fraction of sp³-hybridized carbons (Fsp3) is 0.211. The number of aryl methyl sites for hydroxylation is 3.